The minimum absolute atomic E-state index is 0.213. The van der Waals surface area contributed by atoms with Crippen LogP contribution >= 0.6 is 11.8 Å². The van der Waals surface area contributed by atoms with E-state index in [4.69, 9.17) is 0 Å². The van der Waals surface area contributed by atoms with Crippen molar-refractivity contribution in [3.63, 3.8) is 0 Å². The van der Waals surface area contributed by atoms with Crippen LogP contribution in [0.3, 0.4) is 0 Å². The fourth-order valence-corrected chi connectivity index (χ4v) is 4.16. The summed E-state index contributed by atoms with van der Waals surface area (Å²) in [5, 5.41) is 6.40. The molecule has 30 heavy (non-hydrogen) atoms. The van der Waals surface area contributed by atoms with E-state index in [9.17, 15) is 4.79 Å². The fraction of sp³-hybridized carbons (Fsp3) is 0.0769. The van der Waals surface area contributed by atoms with Gasteiger partial charge in [0.25, 0.3) is 5.91 Å². The second kappa shape index (κ2) is 9.90. The standard InChI is InChI=1S/C26H22N2OS/c29-26(28-27-17-24-11-6-10-22-9-4-5-12-25(22)24)23-15-13-21(14-16-23)19-30-18-20-7-2-1-3-8-20/h1-17H,18-19H2,(H,28,29)/b27-17-. The highest BCUT2D eigenvalue weighted by Gasteiger charge is 2.05. The van der Waals surface area contributed by atoms with Gasteiger partial charge in [-0.25, -0.2) is 5.43 Å². The molecule has 0 heterocycles. The van der Waals surface area contributed by atoms with Crippen LogP contribution < -0.4 is 5.43 Å². The van der Waals surface area contributed by atoms with Gasteiger partial charge in [0.2, 0.25) is 0 Å². The van der Waals surface area contributed by atoms with Gasteiger partial charge in [-0.15, -0.1) is 0 Å². The van der Waals surface area contributed by atoms with Crippen LogP contribution in [0.4, 0.5) is 0 Å². The van der Waals surface area contributed by atoms with Crippen LogP contribution in [0.5, 0.6) is 0 Å². The number of benzene rings is 4. The maximum atomic E-state index is 12.4. The Morgan fingerprint density at radius 3 is 2.23 bits per heavy atom. The molecule has 0 aliphatic carbocycles. The van der Waals surface area contributed by atoms with Crippen LogP contribution in [0, 0.1) is 0 Å². The SMILES string of the molecule is O=C(N/N=C\c1cccc2ccccc12)c1ccc(CSCc2ccccc2)cc1. The monoisotopic (exact) mass is 410 g/mol. The molecule has 148 valence electrons. The van der Waals surface area contributed by atoms with Crippen molar-refractivity contribution >= 4 is 34.7 Å². The molecule has 0 saturated carbocycles. The Morgan fingerprint density at radius 2 is 1.43 bits per heavy atom. The van der Waals surface area contributed by atoms with Crippen LogP contribution in [0.25, 0.3) is 10.8 Å². The summed E-state index contributed by atoms with van der Waals surface area (Å²) in [5.41, 5.74) is 6.71. The van der Waals surface area contributed by atoms with Crippen molar-refractivity contribution in [3.8, 4) is 0 Å². The predicted molar refractivity (Wildman–Crippen MR) is 127 cm³/mol. The summed E-state index contributed by atoms with van der Waals surface area (Å²) in [6.45, 7) is 0. The molecule has 3 nitrogen and oxygen atoms in total. The molecule has 0 aromatic heterocycles. The molecule has 0 atom stereocenters. The van der Waals surface area contributed by atoms with E-state index in [0.717, 1.165) is 27.8 Å². The predicted octanol–water partition coefficient (Wildman–Crippen LogP) is 6.04. The van der Waals surface area contributed by atoms with E-state index in [-0.39, 0.29) is 5.91 Å². The Kier molecular flexibility index (Phi) is 6.58. The molecule has 0 radical (unpaired) electrons. The van der Waals surface area contributed by atoms with Gasteiger partial charge in [-0.2, -0.15) is 16.9 Å². The Hall–Kier alpha value is -3.37. The molecule has 4 rings (SSSR count). The first kappa shape index (κ1) is 19.9. The normalized spacial score (nSPS) is 11.1. The Balaban J connectivity index is 1.32. The van der Waals surface area contributed by atoms with Crippen LogP contribution in [0.1, 0.15) is 27.0 Å². The second-order valence-corrected chi connectivity index (χ2v) is 7.93. The Morgan fingerprint density at radius 1 is 0.767 bits per heavy atom. The lowest BCUT2D eigenvalue weighted by Gasteiger charge is -2.05. The van der Waals surface area contributed by atoms with E-state index in [1.54, 1.807) is 6.21 Å². The smallest absolute Gasteiger partial charge is 0.267 e. The zero-order valence-electron chi connectivity index (χ0n) is 16.5. The molecule has 0 saturated heterocycles. The third kappa shape index (κ3) is 5.16. The minimum Gasteiger partial charge on any atom is -0.267 e. The van der Waals surface area contributed by atoms with E-state index in [1.807, 2.05) is 72.4 Å². The number of carbonyl (C=O) groups excluding carboxylic acids is 1. The van der Waals surface area contributed by atoms with Gasteiger partial charge >= 0.3 is 0 Å². The highest BCUT2D eigenvalue weighted by Crippen LogP contribution is 2.18. The molecule has 1 amide bonds. The van der Waals surface area contributed by atoms with E-state index in [2.05, 4.69) is 46.9 Å². The number of hydrazone groups is 1. The molecule has 4 aromatic rings. The third-order valence-corrected chi connectivity index (χ3v) is 5.86. The molecule has 0 aliphatic heterocycles. The van der Waals surface area contributed by atoms with Gasteiger partial charge in [0.05, 0.1) is 6.21 Å². The maximum Gasteiger partial charge on any atom is 0.271 e. The van der Waals surface area contributed by atoms with Crippen LogP contribution in [0.2, 0.25) is 0 Å². The van der Waals surface area contributed by atoms with Gasteiger partial charge in [-0.1, -0.05) is 84.9 Å². The molecule has 0 aliphatic rings. The van der Waals surface area contributed by atoms with Gasteiger partial charge in [-0.3, -0.25) is 4.79 Å². The first-order chi connectivity index (χ1) is 14.8. The summed E-state index contributed by atoms with van der Waals surface area (Å²) in [4.78, 5) is 12.4. The summed E-state index contributed by atoms with van der Waals surface area (Å²) in [6, 6.07) is 32.3. The number of nitrogens with one attached hydrogen (secondary N) is 1. The van der Waals surface area contributed by atoms with Gasteiger partial charge in [0.15, 0.2) is 0 Å². The molecular formula is C26H22N2OS. The van der Waals surface area contributed by atoms with Crippen LogP contribution in [-0.4, -0.2) is 12.1 Å². The molecule has 4 heteroatoms. The largest absolute Gasteiger partial charge is 0.271 e. The summed E-state index contributed by atoms with van der Waals surface area (Å²) in [7, 11) is 0. The number of fused-ring (bicyclic) bond motifs is 1. The molecular weight excluding hydrogens is 388 g/mol. The van der Waals surface area contributed by atoms with Crippen molar-refractivity contribution in [2.24, 2.45) is 5.10 Å². The van der Waals surface area contributed by atoms with Crippen molar-refractivity contribution in [1.29, 1.82) is 0 Å². The summed E-state index contributed by atoms with van der Waals surface area (Å²) >= 11 is 1.86. The molecule has 1 N–H and O–H groups in total. The average Bonchev–Trinajstić information content (AvgIpc) is 2.80. The molecule has 0 spiro atoms. The maximum absolute atomic E-state index is 12.4. The van der Waals surface area contributed by atoms with Crippen molar-refractivity contribution in [2.45, 2.75) is 11.5 Å². The quantitative estimate of drug-likeness (QED) is 0.298. The Bertz CT molecular complexity index is 1150. The van der Waals surface area contributed by atoms with Gasteiger partial charge < -0.3 is 0 Å². The van der Waals surface area contributed by atoms with E-state index >= 15 is 0 Å². The minimum atomic E-state index is -0.213. The van der Waals surface area contributed by atoms with Crippen molar-refractivity contribution in [3.05, 3.63) is 119 Å². The first-order valence-corrected chi connectivity index (χ1v) is 11.0. The summed E-state index contributed by atoms with van der Waals surface area (Å²) in [5.74, 6) is 1.68. The number of thioether (sulfide) groups is 1. The molecule has 4 aromatic carbocycles. The second-order valence-electron chi connectivity index (χ2n) is 6.94. The highest BCUT2D eigenvalue weighted by atomic mass is 32.2. The van der Waals surface area contributed by atoms with Crippen molar-refractivity contribution < 1.29 is 4.79 Å². The average molecular weight is 411 g/mol. The molecule has 0 bridgehead atoms. The van der Waals surface area contributed by atoms with Crippen LogP contribution in [0.15, 0.2) is 102 Å². The van der Waals surface area contributed by atoms with Crippen molar-refractivity contribution in [2.75, 3.05) is 0 Å². The van der Waals surface area contributed by atoms with Gasteiger partial charge in [0, 0.05) is 22.6 Å². The zero-order valence-corrected chi connectivity index (χ0v) is 17.3. The van der Waals surface area contributed by atoms with E-state index < -0.39 is 0 Å². The number of carbonyl (C=O) groups is 1. The fourth-order valence-electron chi connectivity index (χ4n) is 3.20. The number of nitrogens with zero attached hydrogens (tertiary/aromatic N) is 1. The van der Waals surface area contributed by atoms with E-state index in [0.29, 0.717) is 5.56 Å². The lowest BCUT2D eigenvalue weighted by atomic mass is 10.1. The van der Waals surface area contributed by atoms with E-state index in [1.165, 1.54) is 11.1 Å². The topological polar surface area (TPSA) is 41.5 Å². The number of hydrogen-bond acceptors (Lipinski definition) is 3. The highest BCUT2D eigenvalue weighted by molar-refractivity contribution is 7.97. The lowest BCUT2D eigenvalue weighted by molar-refractivity contribution is 0.0955. The number of rotatable bonds is 7. The summed E-state index contributed by atoms with van der Waals surface area (Å²) in [6.07, 6.45) is 1.69. The zero-order chi connectivity index (χ0) is 20.6. The number of hydrogen-bond donors (Lipinski definition) is 1. The van der Waals surface area contributed by atoms with Gasteiger partial charge in [-0.05, 0) is 34.0 Å². The summed E-state index contributed by atoms with van der Waals surface area (Å²) < 4.78 is 0. The van der Waals surface area contributed by atoms with Crippen molar-refractivity contribution in [1.82, 2.24) is 5.43 Å². The Labute approximate surface area is 180 Å². The molecule has 0 fully saturated rings. The molecule has 0 unspecified atom stereocenters. The first-order valence-electron chi connectivity index (χ1n) is 9.81. The van der Waals surface area contributed by atoms with Gasteiger partial charge in [0.1, 0.15) is 0 Å². The third-order valence-electron chi connectivity index (χ3n) is 4.79. The lowest BCUT2D eigenvalue weighted by Crippen LogP contribution is -2.17. The number of amides is 1. The van der Waals surface area contributed by atoms with Crippen LogP contribution in [-0.2, 0) is 11.5 Å².